The molecule has 1 saturated heterocycles. The highest BCUT2D eigenvalue weighted by atomic mass is 16.5. The predicted molar refractivity (Wildman–Crippen MR) is 129 cm³/mol. The SMILES string of the molecule is Nc1cc(-c2ccnc(Nc3cccc(-c4cccnc4)c3)n2)ccc1OC1CCOCC1. The van der Waals surface area contributed by atoms with Crippen LogP contribution < -0.4 is 15.8 Å². The number of benzene rings is 2. The molecular formula is C26H25N5O2. The van der Waals surface area contributed by atoms with E-state index in [1.807, 2.05) is 66.9 Å². The van der Waals surface area contributed by atoms with E-state index in [1.54, 1.807) is 12.4 Å². The molecule has 1 aliphatic heterocycles. The fraction of sp³-hybridized carbons (Fsp3) is 0.192. The Morgan fingerprint density at radius 3 is 2.61 bits per heavy atom. The molecule has 0 radical (unpaired) electrons. The van der Waals surface area contributed by atoms with Gasteiger partial charge in [0.05, 0.1) is 24.6 Å². The molecule has 0 atom stereocenters. The molecular weight excluding hydrogens is 414 g/mol. The van der Waals surface area contributed by atoms with Gasteiger partial charge < -0.3 is 20.5 Å². The molecule has 1 aliphatic rings. The van der Waals surface area contributed by atoms with Crippen molar-refractivity contribution < 1.29 is 9.47 Å². The molecule has 3 heterocycles. The largest absolute Gasteiger partial charge is 0.488 e. The normalized spacial score (nSPS) is 14.1. The number of pyridine rings is 1. The zero-order chi connectivity index (χ0) is 22.5. The number of ether oxygens (including phenoxy) is 2. The minimum atomic E-state index is 0.143. The first-order valence-corrected chi connectivity index (χ1v) is 11.0. The molecule has 0 aliphatic carbocycles. The smallest absolute Gasteiger partial charge is 0.227 e. The third-order valence-electron chi connectivity index (χ3n) is 5.54. The van der Waals surface area contributed by atoms with E-state index in [1.165, 1.54) is 0 Å². The molecule has 2 aromatic carbocycles. The summed E-state index contributed by atoms with van der Waals surface area (Å²) in [5, 5.41) is 3.29. The number of nitrogens with one attached hydrogen (secondary N) is 1. The second kappa shape index (κ2) is 9.67. The van der Waals surface area contributed by atoms with Crippen molar-refractivity contribution >= 4 is 17.3 Å². The Kier molecular flexibility index (Phi) is 6.12. The Bertz CT molecular complexity index is 1230. The minimum absolute atomic E-state index is 0.143. The van der Waals surface area contributed by atoms with Crippen LogP contribution in [0.15, 0.2) is 79.3 Å². The molecule has 0 amide bonds. The lowest BCUT2D eigenvalue weighted by molar-refractivity contribution is 0.0259. The Balaban J connectivity index is 1.33. The van der Waals surface area contributed by atoms with Gasteiger partial charge in [-0.1, -0.05) is 18.2 Å². The molecule has 166 valence electrons. The molecule has 2 aromatic heterocycles. The van der Waals surface area contributed by atoms with Gasteiger partial charge in [0.15, 0.2) is 0 Å². The van der Waals surface area contributed by atoms with Crippen molar-refractivity contribution in [3.8, 4) is 28.1 Å². The van der Waals surface area contributed by atoms with E-state index < -0.39 is 0 Å². The molecule has 4 aromatic rings. The van der Waals surface area contributed by atoms with Crippen LogP contribution >= 0.6 is 0 Å². The first-order valence-electron chi connectivity index (χ1n) is 11.0. The van der Waals surface area contributed by atoms with E-state index in [0.29, 0.717) is 17.4 Å². The van der Waals surface area contributed by atoms with Crippen molar-refractivity contribution in [1.82, 2.24) is 15.0 Å². The van der Waals surface area contributed by atoms with Crippen molar-refractivity contribution in [1.29, 1.82) is 0 Å². The zero-order valence-electron chi connectivity index (χ0n) is 18.1. The maximum Gasteiger partial charge on any atom is 0.227 e. The second-order valence-corrected chi connectivity index (χ2v) is 7.90. The van der Waals surface area contributed by atoms with Crippen molar-refractivity contribution in [2.24, 2.45) is 0 Å². The summed E-state index contributed by atoms with van der Waals surface area (Å²) in [4.78, 5) is 13.3. The van der Waals surface area contributed by atoms with Crippen molar-refractivity contribution in [3.63, 3.8) is 0 Å². The molecule has 7 nitrogen and oxygen atoms in total. The fourth-order valence-electron chi connectivity index (χ4n) is 3.81. The Labute approximate surface area is 192 Å². The van der Waals surface area contributed by atoms with E-state index in [2.05, 4.69) is 20.3 Å². The Morgan fingerprint density at radius 1 is 0.909 bits per heavy atom. The van der Waals surface area contributed by atoms with Gasteiger partial charge in [0.1, 0.15) is 11.9 Å². The van der Waals surface area contributed by atoms with Crippen LogP contribution in [0.5, 0.6) is 5.75 Å². The standard InChI is InChI=1S/C26H25N5O2/c27-23-16-19(6-7-25(23)33-22-9-13-32-14-10-22)24-8-12-29-26(31-24)30-21-5-1-3-18(15-21)20-4-2-11-28-17-20/h1-8,11-12,15-17,22H,9-10,13-14,27H2,(H,29,30,31). The van der Waals surface area contributed by atoms with E-state index >= 15 is 0 Å². The highest BCUT2D eigenvalue weighted by Gasteiger charge is 2.17. The summed E-state index contributed by atoms with van der Waals surface area (Å²) in [7, 11) is 0. The van der Waals surface area contributed by atoms with Gasteiger partial charge in [-0.25, -0.2) is 9.97 Å². The fourth-order valence-corrected chi connectivity index (χ4v) is 3.81. The van der Waals surface area contributed by atoms with Crippen molar-refractivity contribution in [2.75, 3.05) is 24.3 Å². The minimum Gasteiger partial charge on any atom is -0.488 e. The quantitative estimate of drug-likeness (QED) is 0.404. The molecule has 0 unspecified atom stereocenters. The molecule has 1 fully saturated rings. The van der Waals surface area contributed by atoms with Crippen LogP contribution in [0.25, 0.3) is 22.4 Å². The van der Waals surface area contributed by atoms with Gasteiger partial charge in [0.25, 0.3) is 0 Å². The molecule has 3 N–H and O–H groups in total. The zero-order valence-corrected chi connectivity index (χ0v) is 18.1. The highest BCUT2D eigenvalue weighted by molar-refractivity contribution is 5.71. The van der Waals surface area contributed by atoms with E-state index in [4.69, 9.17) is 15.2 Å². The molecule has 33 heavy (non-hydrogen) atoms. The summed E-state index contributed by atoms with van der Waals surface area (Å²) in [6.07, 6.45) is 7.24. The monoisotopic (exact) mass is 439 g/mol. The lowest BCUT2D eigenvalue weighted by Gasteiger charge is -2.24. The first-order chi connectivity index (χ1) is 16.2. The maximum atomic E-state index is 6.29. The predicted octanol–water partition coefficient (Wildman–Crippen LogP) is 5.09. The van der Waals surface area contributed by atoms with Gasteiger partial charge in [0, 0.05) is 48.2 Å². The van der Waals surface area contributed by atoms with Crippen LogP contribution in [0.3, 0.4) is 0 Å². The number of nitrogen functional groups attached to an aromatic ring is 1. The summed E-state index contributed by atoms with van der Waals surface area (Å²) in [6.45, 7) is 1.45. The van der Waals surface area contributed by atoms with Crippen LogP contribution in [0.4, 0.5) is 17.3 Å². The third kappa shape index (κ3) is 5.10. The van der Waals surface area contributed by atoms with E-state index in [-0.39, 0.29) is 6.10 Å². The summed E-state index contributed by atoms with van der Waals surface area (Å²) < 4.78 is 11.5. The average Bonchev–Trinajstić information content (AvgIpc) is 2.87. The van der Waals surface area contributed by atoms with Crippen LogP contribution in [0.1, 0.15) is 12.8 Å². The average molecular weight is 440 g/mol. The molecule has 5 rings (SSSR count). The van der Waals surface area contributed by atoms with Crippen molar-refractivity contribution in [3.05, 3.63) is 79.3 Å². The summed E-state index contributed by atoms with van der Waals surface area (Å²) in [6, 6.07) is 19.7. The summed E-state index contributed by atoms with van der Waals surface area (Å²) in [5.74, 6) is 1.21. The number of nitrogens with two attached hydrogens (primary N) is 1. The third-order valence-corrected chi connectivity index (χ3v) is 5.54. The second-order valence-electron chi connectivity index (χ2n) is 7.90. The number of aromatic nitrogens is 3. The van der Waals surface area contributed by atoms with Crippen LogP contribution in [-0.4, -0.2) is 34.3 Å². The van der Waals surface area contributed by atoms with Crippen molar-refractivity contribution in [2.45, 2.75) is 18.9 Å². The summed E-state index contributed by atoms with van der Waals surface area (Å²) >= 11 is 0. The molecule has 0 bridgehead atoms. The van der Waals surface area contributed by atoms with Gasteiger partial charge in [-0.05, 0) is 48.0 Å². The molecule has 7 heteroatoms. The van der Waals surface area contributed by atoms with Gasteiger partial charge in [-0.3, -0.25) is 4.98 Å². The number of anilines is 3. The van der Waals surface area contributed by atoms with Gasteiger partial charge >= 0.3 is 0 Å². The van der Waals surface area contributed by atoms with Gasteiger partial charge in [-0.15, -0.1) is 0 Å². The maximum absolute atomic E-state index is 6.29. The van der Waals surface area contributed by atoms with Crippen LogP contribution in [0.2, 0.25) is 0 Å². The number of rotatable bonds is 6. The highest BCUT2D eigenvalue weighted by Crippen LogP contribution is 2.30. The first kappa shape index (κ1) is 20.9. The Morgan fingerprint density at radius 2 is 1.79 bits per heavy atom. The number of nitrogens with zero attached hydrogens (tertiary/aromatic N) is 3. The lowest BCUT2D eigenvalue weighted by atomic mass is 10.1. The van der Waals surface area contributed by atoms with Crippen LogP contribution in [0, 0.1) is 0 Å². The lowest BCUT2D eigenvalue weighted by Crippen LogP contribution is -2.26. The van der Waals surface area contributed by atoms with E-state index in [9.17, 15) is 0 Å². The molecule has 0 saturated carbocycles. The van der Waals surface area contributed by atoms with Gasteiger partial charge in [-0.2, -0.15) is 0 Å². The number of hydrogen-bond donors (Lipinski definition) is 2. The van der Waals surface area contributed by atoms with E-state index in [0.717, 1.165) is 54.1 Å². The van der Waals surface area contributed by atoms with Gasteiger partial charge in [0.2, 0.25) is 5.95 Å². The molecule has 0 spiro atoms. The topological polar surface area (TPSA) is 95.2 Å². The number of hydrogen-bond acceptors (Lipinski definition) is 7. The Hall–Kier alpha value is -3.97. The summed E-state index contributed by atoms with van der Waals surface area (Å²) in [5.41, 5.74) is 11.6. The van der Waals surface area contributed by atoms with Crippen LogP contribution in [-0.2, 0) is 4.74 Å².